The van der Waals surface area contributed by atoms with Crippen LogP contribution in [0.25, 0.3) is 0 Å². The largest absolute Gasteiger partial charge is 0.382 e. The lowest BCUT2D eigenvalue weighted by molar-refractivity contribution is 0.593. The molecule has 1 aromatic carbocycles. The van der Waals surface area contributed by atoms with Gasteiger partial charge in [0.2, 0.25) is 0 Å². The number of aromatic nitrogens is 2. The molecule has 0 saturated carbocycles. The maximum absolute atomic E-state index is 4.23. The Morgan fingerprint density at radius 2 is 2.00 bits per heavy atom. The standard InChI is InChI=1S/C17H25N3/c1-3-5-7-16(4-2)19-17-10-8-15(9-11-17)14-20-13-6-12-18-20/h6,8-13,16,19H,3-5,7,14H2,1-2H3. The van der Waals surface area contributed by atoms with Crippen LogP contribution in [0.3, 0.4) is 0 Å². The average molecular weight is 271 g/mol. The average Bonchev–Trinajstić information content (AvgIpc) is 2.98. The molecule has 0 spiro atoms. The predicted molar refractivity (Wildman–Crippen MR) is 85.0 cm³/mol. The molecule has 1 N–H and O–H groups in total. The maximum atomic E-state index is 4.23. The van der Waals surface area contributed by atoms with E-state index in [-0.39, 0.29) is 0 Å². The molecule has 0 radical (unpaired) electrons. The summed E-state index contributed by atoms with van der Waals surface area (Å²) in [5.74, 6) is 0. The highest BCUT2D eigenvalue weighted by atomic mass is 15.3. The molecule has 108 valence electrons. The lowest BCUT2D eigenvalue weighted by atomic mass is 10.1. The molecule has 0 amide bonds. The zero-order valence-electron chi connectivity index (χ0n) is 12.5. The zero-order chi connectivity index (χ0) is 14.2. The van der Waals surface area contributed by atoms with Crippen molar-refractivity contribution >= 4 is 5.69 Å². The van der Waals surface area contributed by atoms with Crippen molar-refractivity contribution in [1.29, 1.82) is 0 Å². The van der Waals surface area contributed by atoms with Gasteiger partial charge >= 0.3 is 0 Å². The van der Waals surface area contributed by atoms with Gasteiger partial charge in [0, 0.05) is 24.1 Å². The van der Waals surface area contributed by atoms with E-state index in [1.807, 2.05) is 23.1 Å². The molecule has 1 heterocycles. The Morgan fingerprint density at radius 1 is 1.20 bits per heavy atom. The number of benzene rings is 1. The normalized spacial score (nSPS) is 12.3. The zero-order valence-corrected chi connectivity index (χ0v) is 12.5. The Morgan fingerprint density at radius 3 is 2.60 bits per heavy atom. The molecular formula is C17H25N3. The van der Waals surface area contributed by atoms with Crippen LogP contribution in [0, 0.1) is 0 Å². The minimum atomic E-state index is 0.590. The first kappa shape index (κ1) is 14.6. The van der Waals surface area contributed by atoms with Gasteiger partial charge < -0.3 is 5.32 Å². The van der Waals surface area contributed by atoms with E-state index in [0.29, 0.717) is 6.04 Å². The molecule has 2 rings (SSSR count). The van der Waals surface area contributed by atoms with Crippen LogP contribution < -0.4 is 5.32 Å². The lowest BCUT2D eigenvalue weighted by Gasteiger charge is -2.18. The molecule has 2 aromatic rings. The molecule has 1 aromatic heterocycles. The van der Waals surface area contributed by atoms with Crippen molar-refractivity contribution in [3.63, 3.8) is 0 Å². The highest BCUT2D eigenvalue weighted by Gasteiger charge is 2.05. The molecule has 0 saturated heterocycles. The van der Waals surface area contributed by atoms with Gasteiger partial charge in [-0.05, 0) is 36.6 Å². The highest BCUT2D eigenvalue weighted by molar-refractivity contribution is 5.45. The van der Waals surface area contributed by atoms with Crippen molar-refractivity contribution in [3.05, 3.63) is 48.3 Å². The summed E-state index contributed by atoms with van der Waals surface area (Å²) < 4.78 is 1.94. The second-order valence-electron chi connectivity index (χ2n) is 5.29. The van der Waals surface area contributed by atoms with Crippen LogP contribution in [-0.4, -0.2) is 15.8 Å². The molecule has 20 heavy (non-hydrogen) atoms. The third kappa shape index (κ3) is 4.41. The van der Waals surface area contributed by atoms with Gasteiger partial charge in [-0.3, -0.25) is 4.68 Å². The summed E-state index contributed by atoms with van der Waals surface area (Å²) in [4.78, 5) is 0. The van der Waals surface area contributed by atoms with Gasteiger partial charge in [-0.25, -0.2) is 0 Å². The number of nitrogens with one attached hydrogen (secondary N) is 1. The molecule has 3 heteroatoms. The molecule has 0 fully saturated rings. The minimum absolute atomic E-state index is 0.590. The molecule has 0 bridgehead atoms. The lowest BCUT2D eigenvalue weighted by Crippen LogP contribution is -2.18. The van der Waals surface area contributed by atoms with E-state index in [1.54, 1.807) is 0 Å². The van der Waals surface area contributed by atoms with Gasteiger partial charge in [0.25, 0.3) is 0 Å². The van der Waals surface area contributed by atoms with E-state index >= 15 is 0 Å². The van der Waals surface area contributed by atoms with E-state index in [2.05, 4.69) is 48.5 Å². The Kier molecular flexibility index (Phi) is 5.66. The van der Waals surface area contributed by atoms with Gasteiger partial charge in [0.1, 0.15) is 0 Å². The molecule has 1 atom stereocenters. The van der Waals surface area contributed by atoms with Crippen LogP contribution >= 0.6 is 0 Å². The SMILES string of the molecule is CCCCC(CC)Nc1ccc(Cn2cccn2)cc1. The first-order valence-corrected chi connectivity index (χ1v) is 7.64. The number of unbranched alkanes of at least 4 members (excludes halogenated alkanes) is 1. The van der Waals surface area contributed by atoms with Gasteiger partial charge in [0.15, 0.2) is 0 Å². The number of rotatable bonds is 8. The molecule has 3 nitrogen and oxygen atoms in total. The van der Waals surface area contributed by atoms with Crippen molar-refractivity contribution in [2.75, 3.05) is 5.32 Å². The molecule has 1 unspecified atom stereocenters. The van der Waals surface area contributed by atoms with Crippen molar-refractivity contribution in [2.24, 2.45) is 0 Å². The van der Waals surface area contributed by atoms with Gasteiger partial charge in [-0.15, -0.1) is 0 Å². The number of hydrogen-bond acceptors (Lipinski definition) is 2. The van der Waals surface area contributed by atoms with Crippen LogP contribution in [0.4, 0.5) is 5.69 Å². The fraction of sp³-hybridized carbons (Fsp3) is 0.471. The van der Waals surface area contributed by atoms with Crippen molar-refractivity contribution in [2.45, 2.75) is 52.1 Å². The van der Waals surface area contributed by atoms with Crippen LogP contribution in [-0.2, 0) is 6.54 Å². The van der Waals surface area contributed by atoms with Gasteiger partial charge in [0.05, 0.1) is 6.54 Å². The van der Waals surface area contributed by atoms with Crippen molar-refractivity contribution < 1.29 is 0 Å². The maximum Gasteiger partial charge on any atom is 0.0659 e. The van der Waals surface area contributed by atoms with Crippen molar-refractivity contribution in [3.8, 4) is 0 Å². The smallest absolute Gasteiger partial charge is 0.0659 e. The Hall–Kier alpha value is -1.77. The summed E-state index contributed by atoms with van der Waals surface area (Å²) in [5, 5.41) is 7.86. The van der Waals surface area contributed by atoms with Crippen LogP contribution in [0.15, 0.2) is 42.7 Å². The van der Waals surface area contributed by atoms with Crippen molar-refractivity contribution in [1.82, 2.24) is 9.78 Å². The van der Waals surface area contributed by atoms with E-state index in [1.165, 1.54) is 36.9 Å². The molecular weight excluding hydrogens is 246 g/mol. The summed E-state index contributed by atoms with van der Waals surface area (Å²) in [6.07, 6.45) is 8.79. The quantitative estimate of drug-likeness (QED) is 0.775. The van der Waals surface area contributed by atoms with Crippen LogP contribution in [0.2, 0.25) is 0 Å². The fourth-order valence-electron chi connectivity index (χ4n) is 2.35. The number of hydrogen-bond donors (Lipinski definition) is 1. The van der Waals surface area contributed by atoms with E-state index in [9.17, 15) is 0 Å². The summed E-state index contributed by atoms with van der Waals surface area (Å²) in [7, 11) is 0. The second kappa shape index (κ2) is 7.73. The Labute approximate surface area is 122 Å². The molecule has 0 aliphatic heterocycles. The fourth-order valence-corrected chi connectivity index (χ4v) is 2.35. The number of nitrogens with zero attached hydrogens (tertiary/aromatic N) is 2. The molecule has 0 aliphatic rings. The first-order valence-electron chi connectivity index (χ1n) is 7.64. The first-order chi connectivity index (χ1) is 9.81. The third-order valence-electron chi connectivity index (χ3n) is 3.63. The number of anilines is 1. The summed E-state index contributed by atoms with van der Waals surface area (Å²) in [6, 6.07) is 11.2. The minimum Gasteiger partial charge on any atom is -0.382 e. The van der Waals surface area contributed by atoms with Gasteiger partial charge in [-0.2, -0.15) is 5.10 Å². The second-order valence-corrected chi connectivity index (χ2v) is 5.29. The summed E-state index contributed by atoms with van der Waals surface area (Å²) >= 11 is 0. The van der Waals surface area contributed by atoms with E-state index in [4.69, 9.17) is 0 Å². The van der Waals surface area contributed by atoms with Crippen LogP contribution in [0.1, 0.15) is 45.1 Å². The summed E-state index contributed by atoms with van der Waals surface area (Å²) in [6.45, 7) is 5.33. The Balaban J connectivity index is 1.90. The van der Waals surface area contributed by atoms with E-state index in [0.717, 1.165) is 6.54 Å². The predicted octanol–water partition coefficient (Wildman–Crippen LogP) is 4.31. The highest BCUT2D eigenvalue weighted by Crippen LogP contribution is 2.15. The van der Waals surface area contributed by atoms with E-state index < -0.39 is 0 Å². The Bertz CT molecular complexity index is 473. The summed E-state index contributed by atoms with van der Waals surface area (Å²) in [5.41, 5.74) is 2.50. The third-order valence-corrected chi connectivity index (χ3v) is 3.63. The van der Waals surface area contributed by atoms with Crippen LogP contribution in [0.5, 0.6) is 0 Å². The monoisotopic (exact) mass is 271 g/mol. The topological polar surface area (TPSA) is 29.9 Å². The van der Waals surface area contributed by atoms with Gasteiger partial charge in [-0.1, -0.05) is 38.8 Å². The molecule has 0 aliphatic carbocycles.